The lowest BCUT2D eigenvalue weighted by Gasteiger charge is -2.30. The predicted molar refractivity (Wildman–Crippen MR) is 90.2 cm³/mol. The number of nitrogens with one attached hydrogen (secondary N) is 1. The number of hydrogen-bond donors (Lipinski definition) is 1. The molecule has 0 fully saturated rings. The summed E-state index contributed by atoms with van der Waals surface area (Å²) in [5.41, 5.74) is 2.95. The highest BCUT2D eigenvalue weighted by Gasteiger charge is 2.28. The molecule has 0 aromatic carbocycles. The van der Waals surface area contributed by atoms with E-state index in [2.05, 4.69) is 40.0 Å². The van der Waals surface area contributed by atoms with Crippen molar-refractivity contribution in [1.29, 1.82) is 0 Å². The summed E-state index contributed by atoms with van der Waals surface area (Å²) in [7, 11) is 0. The highest BCUT2D eigenvalue weighted by atomic mass is 127. The maximum atomic E-state index is 5.61. The Morgan fingerprint density at radius 1 is 1.15 bits per heavy atom. The second-order valence-electron chi connectivity index (χ2n) is 5.78. The van der Waals surface area contributed by atoms with Crippen molar-refractivity contribution < 1.29 is 4.42 Å². The van der Waals surface area contributed by atoms with Gasteiger partial charge in [0.25, 0.3) is 0 Å². The summed E-state index contributed by atoms with van der Waals surface area (Å²) >= 11 is 4.43. The molecule has 2 aliphatic rings. The van der Waals surface area contributed by atoms with E-state index in [0.29, 0.717) is 12.1 Å². The first-order chi connectivity index (χ1) is 9.81. The third-order valence-corrected chi connectivity index (χ3v) is 6.51. The van der Waals surface area contributed by atoms with Crippen LogP contribution < -0.4 is 5.32 Å². The van der Waals surface area contributed by atoms with Crippen LogP contribution in [0.1, 0.15) is 59.5 Å². The summed E-state index contributed by atoms with van der Waals surface area (Å²) in [6.07, 6.45) is 9.27. The minimum absolute atomic E-state index is 0.478. The summed E-state index contributed by atoms with van der Waals surface area (Å²) in [5.74, 6) is 1.20. The van der Waals surface area contributed by atoms with E-state index in [1.165, 1.54) is 46.3 Å². The quantitative estimate of drug-likeness (QED) is 0.720. The fourth-order valence-electron chi connectivity index (χ4n) is 3.60. The number of aryl methyl sites for hydroxylation is 2. The van der Waals surface area contributed by atoms with Gasteiger partial charge in [-0.3, -0.25) is 0 Å². The Morgan fingerprint density at radius 3 is 2.85 bits per heavy atom. The number of fused-ring (bicyclic) bond motifs is 2. The third kappa shape index (κ3) is 2.35. The van der Waals surface area contributed by atoms with Gasteiger partial charge in [0.15, 0.2) is 0 Å². The maximum absolute atomic E-state index is 5.61. The zero-order valence-corrected chi connectivity index (χ0v) is 14.3. The van der Waals surface area contributed by atoms with Gasteiger partial charge in [-0.1, -0.05) is 0 Å². The molecule has 0 amide bonds. The van der Waals surface area contributed by atoms with E-state index in [-0.39, 0.29) is 0 Å². The van der Waals surface area contributed by atoms with E-state index in [4.69, 9.17) is 4.42 Å². The molecule has 0 saturated carbocycles. The first-order valence-corrected chi connectivity index (χ1v) is 9.31. The molecule has 2 aromatic heterocycles. The zero-order chi connectivity index (χ0) is 13.5. The Kier molecular flexibility index (Phi) is 3.64. The molecule has 1 N–H and O–H groups in total. The lowest BCUT2D eigenvalue weighted by atomic mass is 9.89. The van der Waals surface area contributed by atoms with Gasteiger partial charge < -0.3 is 9.73 Å². The Bertz CT molecular complexity index is 618. The lowest BCUT2D eigenvalue weighted by Crippen LogP contribution is -2.30. The lowest BCUT2D eigenvalue weighted by molar-refractivity contribution is 0.355. The van der Waals surface area contributed by atoms with Crippen molar-refractivity contribution in [2.75, 3.05) is 0 Å². The number of furan rings is 1. The van der Waals surface area contributed by atoms with Gasteiger partial charge in [-0.2, -0.15) is 0 Å². The molecule has 0 aliphatic heterocycles. The second kappa shape index (κ2) is 5.46. The van der Waals surface area contributed by atoms with Crippen LogP contribution in [0, 0.1) is 2.88 Å². The van der Waals surface area contributed by atoms with Crippen LogP contribution in [-0.2, 0) is 12.8 Å². The maximum Gasteiger partial charge on any atom is 0.108 e. The predicted octanol–water partition coefficient (Wildman–Crippen LogP) is 4.99. The number of halogens is 1. The van der Waals surface area contributed by atoms with Crippen molar-refractivity contribution in [2.45, 2.75) is 50.6 Å². The van der Waals surface area contributed by atoms with Gasteiger partial charge in [-0.05, 0) is 72.4 Å². The molecule has 2 atom stereocenters. The van der Waals surface area contributed by atoms with Crippen molar-refractivity contribution in [3.8, 4) is 0 Å². The molecular weight excluding hydrogens is 381 g/mol. The van der Waals surface area contributed by atoms with Crippen LogP contribution in [0.3, 0.4) is 0 Å². The average molecular weight is 399 g/mol. The van der Waals surface area contributed by atoms with Gasteiger partial charge in [0.1, 0.15) is 5.76 Å². The minimum atomic E-state index is 0.478. The summed E-state index contributed by atoms with van der Waals surface area (Å²) in [4.78, 5) is 1.60. The van der Waals surface area contributed by atoms with Gasteiger partial charge in [0, 0.05) is 28.9 Å². The monoisotopic (exact) mass is 399 g/mol. The first-order valence-electron chi connectivity index (χ1n) is 7.41. The molecule has 106 valence electrons. The Labute approximate surface area is 137 Å². The topological polar surface area (TPSA) is 25.2 Å². The zero-order valence-electron chi connectivity index (χ0n) is 11.3. The fourth-order valence-corrected chi connectivity index (χ4v) is 5.72. The summed E-state index contributed by atoms with van der Waals surface area (Å²) in [6, 6.07) is 5.56. The third-order valence-electron chi connectivity index (χ3n) is 4.54. The van der Waals surface area contributed by atoms with Crippen LogP contribution in [0.4, 0.5) is 0 Å². The molecule has 0 saturated heterocycles. The molecule has 4 heteroatoms. The molecule has 0 spiro atoms. The van der Waals surface area contributed by atoms with E-state index < -0.39 is 0 Å². The van der Waals surface area contributed by atoms with Crippen molar-refractivity contribution >= 4 is 33.9 Å². The number of rotatable bonds is 2. The highest BCUT2D eigenvalue weighted by Crippen LogP contribution is 2.39. The van der Waals surface area contributed by atoms with Gasteiger partial charge in [0.05, 0.1) is 9.15 Å². The number of thiophene rings is 1. The highest BCUT2D eigenvalue weighted by molar-refractivity contribution is 14.1. The summed E-state index contributed by atoms with van der Waals surface area (Å²) in [6.45, 7) is 0. The number of hydrogen-bond acceptors (Lipinski definition) is 3. The Hall–Kier alpha value is -0.330. The molecule has 4 rings (SSSR count). The normalized spacial score (nSPS) is 25.2. The molecule has 0 radical (unpaired) electrons. The van der Waals surface area contributed by atoms with E-state index in [0.717, 1.165) is 6.42 Å². The van der Waals surface area contributed by atoms with Crippen LogP contribution >= 0.6 is 33.9 Å². The van der Waals surface area contributed by atoms with E-state index in [9.17, 15) is 0 Å². The SMILES string of the molecule is Ic1cc2c(s1)CCCC2NC1CCCc2occc21. The molecule has 2 heterocycles. The smallest absolute Gasteiger partial charge is 0.108 e. The largest absolute Gasteiger partial charge is 0.469 e. The fraction of sp³-hybridized carbons (Fsp3) is 0.500. The van der Waals surface area contributed by atoms with Crippen molar-refractivity contribution in [1.82, 2.24) is 5.32 Å². The van der Waals surface area contributed by atoms with Gasteiger partial charge >= 0.3 is 0 Å². The van der Waals surface area contributed by atoms with Crippen LogP contribution in [0.5, 0.6) is 0 Å². The Balaban J connectivity index is 1.59. The van der Waals surface area contributed by atoms with E-state index >= 15 is 0 Å². The molecule has 2 aliphatic carbocycles. The molecule has 2 nitrogen and oxygen atoms in total. The molecular formula is C16H18INOS. The average Bonchev–Trinajstić information content (AvgIpc) is 3.05. The van der Waals surface area contributed by atoms with Gasteiger partial charge in [-0.15, -0.1) is 11.3 Å². The minimum Gasteiger partial charge on any atom is -0.469 e. The van der Waals surface area contributed by atoms with Crippen LogP contribution in [-0.4, -0.2) is 0 Å². The Morgan fingerprint density at radius 2 is 1.95 bits per heavy atom. The van der Waals surface area contributed by atoms with Crippen molar-refractivity contribution in [3.05, 3.63) is 43.0 Å². The van der Waals surface area contributed by atoms with Crippen LogP contribution in [0.15, 0.2) is 22.8 Å². The summed E-state index contributed by atoms with van der Waals surface area (Å²) in [5, 5.41) is 3.91. The van der Waals surface area contributed by atoms with E-state index in [1.54, 1.807) is 10.4 Å². The molecule has 2 unspecified atom stereocenters. The molecule has 20 heavy (non-hydrogen) atoms. The molecule has 0 bridgehead atoms. The van der Waals surface area contributed by atoms with Crippen molar-refractivity contribution in [2.24, 2.45) is 0 Å². The van der Waals surface area contributed by atoms with Crippen molar-refractivity contribution in [3.63, 3.8) is 0 Å². The first kappa shape index (κ1) is 13.3. The van der Waals surface area contributed by atoms with Crippen LogP contribution in [0.2, 0.25) is 0 Å². The molecule has 2 aromatic rings. The van der Waals surface area contributed by atoms with Crippen LogP contribution in [0.25, 0.3) is 0 Å². The van der Waals surface area contributed by atoms with Gasteiger partial charge in [-0.25, -0.2) is 0 Å². The standard InChI is InChI=1S/C16H18INOS/c17-16-9-11-13(4-2-6-15(11)20-16)18-12-3-1-5-14-10(12)7-8-19-14/h7-9,12-13,18H,1-6H2. The van der Waals surface area contributed by atoms with Gasteiger partial charge in [0.2, 0.25) is 0 Å². The second-order valence-corrected chi connectivity index (χ2v) is 8.82. The summed E-state index contributed by atoms with van der Waals surface area (Å²) < 4.78 is 7.03. The van der Waals surface area contributed by atoms with E-state index in [1.807, 2.05) is 17.6 Å².